The van der Waals surface area contributed by atoms with E-state index in [1.54, 1.807) is 24.9 Å². The highest BCUT2D eigenvalue weighted by molar-refractivity contribution is 6.18. The van der Waals surface area contributed by atoms with E-state index in [9.17, 15) is 0 Å². The molecule has 0 aliphatic carbocycles. The van der Waals surface area contributed by atoms with Crippen LogP contribution in [-0.2, 0) is 0 Å². The zero-order valence-electron chi connectivity index (χ0n) is 12.0. The van der Waals surface area contributed by atoms with Crippen molar-refractivity contribution >= 4 is 49.7 Å². The third-order valence-corrected chi connectivity index (χ3v) is 3.09. The first-order chi connectivity index (χ1) is 8.51. The summed E-state index contributed by atoms with van der Waals surface area (Å²) in [4.78, 5) is 17.2. The molecule has 0 aromatic carbocycles. The van der Waals surface area contributed by atoms with E-state index in [2.05, 4.69) is 30.2 Å². The van der Waals surface area contributed by atoms with Gasteiger partial charge >= 0.3 is 0 Å². The Bertz CT molecular complexity index is 399. The van der Waals surface area contributed by atoms with Crippen molar-refractivity contribution in [2.24, 2.45) is 42.0 Å². The molecule has 0 radical (unpaired) electrons. The number of azo groups is 1. The largest absolute Gasteiger partial charge is 0.265 e. The Morgan fingerprint density at radius 3 is 1.10 bits per heavy atom. The molecule has 0 bridgehead atoms. The number of hydrogen-bond acceptors (Lipinski definition) is 6. The van der Waals surface area contributed by atoms with E-state index in [1.807, 2.05) is 27.7 Å². The number of rotatable bonds is 4. The van der Waals surface area contributed by atoms with Crippen LogP contribution >= 0.6 is 24.8 Å². The first-order valence-electron chi connectivity index (χ1n) is 6.13. The fourth-order valence-corrected chi connectivity index (χ4v) is 1.72. The van der Waals surface area contributed by atoms with Crippen LogP contribution < -0.4 is 0 Å². The van der Waals surface area contributed by atoms with Crippen molar-refractivity contribution < 1.29 is 0 Å². The minimum absolute atomic E-state index is 0. The van der Waals surface area contributed by atoms with Crippen molar-refractivity contribution in [1.29, 1.82) is 0 Å². The van der Waals surface area contributed by atoms with Crippen molar-refractivity contribution in [2.45, 2.75) is 39.3 Å². The predicted octanol–water partition coefficient (Wildman–Crippen LogP) is 3.21. The predicted molar refractivity (Wildman–Crippen MR) is 88.5 cm³/mol. The van der Waals surface area contributed by atoms with Gasteiger partial charge in [-0.2, -0.15) is 0 Å². The van der Waals surface area contributed by atoms with E-state index < -0.39 is 11.6 Å². The standard InChI is InChI=1S/C12H18N6.2ClH/c1-9(2)11(13-5-6-14-11)17-18-12(10(3)4)15-7-8-16-12;;/h5-10H,1-4H3;2*1H. The first-order valence-corrected chi connectivity index (χ1v) is 6.13. The first kappa shape index (κ1) is 18.9. The molecule has 0 N–H and O–H groups in total. The Morgan fingerprint density at radius 1 is 0.650 bits per heavy atom. The van der Waals surface area contributed by atoms with E-state index >= 15 is 0 Å². The van der Waals surface area contributed by atoms with Crippen LogP contribution in [0, 0.1) is 11.8 Å². The fourth-order valence-electron chi connectivity index (χ4n) is 1.72. The van der Waals surface area contributed by atoms with Gasteiger partial charge in [-0.3, -0.25) is 0 Å². The summed E-state index contributed by atoms with van der Waals surface area (Å²) >= 11 is 0. The fraction of sp³-hybridized carbons (Fsp3) is 0.667. The Labute approximate surface area is 131 Å². The molecular formula is C12H20Cl2N6. The quantitative estimate of drug-likeness (QED) is 0.714. The van der Waals surface area contributed by atoms with Gasteiger partial charge in [-0.25, -0.2) is 20.0 Å². The molecule has 0 unspecified atom stereocenters. The Balaban J connectivity index is 0.00000180. The maximum absolute atomic E-state index is 4.33. The summed E-state index contributed by atoms with van der Waals surface area (Å²) in [6.07, 6.45) is 6.62. The van der Waals surface area contributed by atoms with Gasteiger partial charge in [0.25, 0.3) is 11.6 Å². The molecular weight excluding hydrogens is 299 g/mol. The molecule has 0 spiro atoms. The molecule has 0 fully saturated rings. The zero-order valence-corrected chi connectivity index (χ0v) is 13.6. The zero-order chi connectivity index (χ0) is 13.2. The molecule has 0 aromatic rings. The third-order valence-electron chi connectivity index (χ3n) is 3.09. The molecule has 112 valence electrons. The average molecular weight is 319 g/mol. The lowest BCUT2D eigenvalue weighted by Gasteiger charge is -2.25. The van der Waals surface area contributed by atoms with Crippen LogP contribution in [0.3, 0.4) is 0 Å². The maximum atomic E-state index is 4.33. The van der Waals surface area contributed by atoms with Gasteiger partial charge in [-0.05, 0) is 0 Å². The summed E-state index contributed by atoms with van der Waals surface area (Å²) < 4.78 is 0. The lowest BCUT2D eigenvalue weighted by atomic mass is 10.1. The van der Waals surface area contributed by atoms with E-state index in [4.69, 9.17) is 0 Å². The van der Waals surface area contributed by atoms with Gasteiger partial charge in [0.15, 0.2) is 0 Å². The minimum Gasteiger partial charge on any atom is -0.239 e. The van der Waals surface area contributed by atoms with Crippen LogP contribution in [-0.4, -0.2) is 36.4 Å². The van der Waals surface area contributed by atoms with Gasteiger partial charge in [0.05, 0.1) is 0 Å². The van der Waals surface area contributed by atoms with E-state index in [1.165, 1.54) is 0 Å². The van der Waals surface area contributed by atoms with E-state index in [0.29, 0.717) is 0 Å². The lowest BCUT2D eigenvalue weighted by molar-refractivity contribution is 0.277. The van der Waals surface area contributed by atoms with Crippen LogP contribution in [0.2, 0.25) is 0 Å². The molecule has 0 atom stereocenters. The van der Waals surface area contributed by atoms with Gasteiger partial charge in [0, 0.05) is 36.7 Å². The Kier molecular flexibility index (Phi) is 6.64. The highest BCUT2D eigenvalue weighted by atomic mass is 35.5. The molecule has 0 saturated heterocycles. The second-order valence-electron chi connectivity index (χ2n) is 5.00. The summed E-state index contributed by atoms with van der Waals surface area (Å²) in [5, 5.41) is 8.66. The van der Waals surface area contributed by atoms with Crippen molar-refractivity contribution in [2.75, 3.05) is 0 Å². The van der Waals surface area contributed by atoms with Crippen LogP contribution in [0.4, 0.5) is 0 Å². The molecule has 0 amide bonds. The number of halogens is 2. The smallest absolute Gasteiger partial charge is 0.239 e. The van der Waals surface area contributed by atoms with Crippen molar-refractivity contribution in [1.82, 2.24) is 0 Å². The van der Waals surface area contributed by atoms with Gasteiger partial charge in [-0.15, -0.1) is 35.0 Å². The minimum atomic E-state index is -0.838. The molecule has 8 heteroatoms. The van der Waals surface area contributed by atoms with Crippen LogP contribution in [0.15, 0.2) is 30.2 Å². The molecule has 2 aliphatic heterocycles. The van der Waals surface area contributed by atoms with Crippen LogP contribution in [0.25, 0.3) is 0 Å². The number of hydrogen-bond donors (Lipinski definition) is 0. The SMILES string of the molecule is CC(C)C1(N=NC2(C(C)C)N=CC=N2)N=CC=N1.Cl.Cl. The molecule has 2 rings (SSSR count). The van der Waals surface area contributed by atoms with Crippen LogP contribution in [0.5, 0.6) is 0 Å². The Morgan fingerprint density at radius 2 is 0.900 bits per heavy atom. The molecule has 20 heavy (non-hydrogen) atoms. The Hall–Kier alpha value is -1.14. The molecule has 0 saturated carbocycles. The topological polar surface area (TPSA) is 74.2 Å². The van der Waals surface area contributed by atoms with Crippen LogP contribution in [0.1, 0.15) is 27.7 Å². The number of aliphatic imine (C=N–C) groups is 4. The summed E-state index contributed by atoms with van der Waals surface area (Å²) in [6, 6.07) is 0. The monoisotopic (exact) mass is 318 g/mol. The molecule has 6 nitrogen and oxygen atoms in total. The average Bonchev–Trinajstić information content (AvgIpc) is 2.97. The van der Waals surface area contributed by atoms with Crippen molar-refractivity contribution in [3.8, 4) is 0 Å². The second kappa shape index (κ2) is 7.04. The molecule has 0 aromatic heterocycles. The summed E-state index contributed by atoms with van der Waals surface area (Å²) in [7, 11) is 0. The summed E-state index contributed by atoms with van der Waals surface area (Å²) in [5.41, 5.74) is 0. The molecule has 2 heterocycles. The summed E-state index contributed by atoms with van der Waals surface area (Å²) in [5.74, 6) is -1.41. The highest BCUT2D eigenvalue weighted by Crippen LogP contribution is 2.33. The van der Waals surface area contributed by atoms with Gasteiger partial charge in [-0.1, -0.05) is 27.7 Å². The second-order valence-corrected chi connectivity index (χ2v) is 5.00. The third kappa shape index (κ3) is 3.30. The van der Waals surface area contributed by atoms with Gasteiger partial charge < -0.3 is 0 Å². The van der Waals surface area contributed by atoms with Crippen molar-refractivity contribution in [3.63, 3.8) is 0 Å². The van der Waals surface area contributed by atoms with Crippen molar-refractivity contribution in [3.05, 3.63) is 0 Å². The number of nitrogens with zero attached hydrogens (tertiary/aromatic N) is 6. The maximum Gasteiger partial charge on any atom is 0.265 e. The van der Waals surface area contributed by atoms with E-state index in [0.717, 1.165) is 0 Å². The van der Waals surface area contributed by atoms with Gasteiger partial charge in [0.1, 0.15) is 0 Å². The highest BCUT2D eigenvalue weighted by Gasteiger charge is 2.38. The lowest BCUT2D eigenvalue weighted by Crippen LogP contribution is -2.30. The molecule has 2 aliphatic rings. The summed E-state index contributed by atoms with van der Waals surface area (Å²) in [6.45, 7) is 8.06. The normalized spacial score (nSPS) is 20.9. The van der Waals surface area contributed by atoms with E-state index in [-0.39, 0.29) is 36.6 Å². The van der Waals surface area contributed by atoms with Gasteiger partial charge in [0.2, 0.25) is 0 Å².